The quantitative estimate of drug-likeness (QED) is 0.572. The number of nitrogens with one attached hydrogen (secondary N) is 1. The van der Waals surface area contributed by atoms with E-state index in [4.69, 9.17) is 5.73 Å². The first kappa shape index (κ1) is 17.0. The van der Waals surface area contributed by atoms with Gasteiger partial charge in [0.05, 0.1) is 4.90 Å². The summed E-state index contributed by atoms with van der Waals surface area (Å²) in [5, 5.41) is 0. The maximum atomic E-state index is 12.4. The molecule has 0 aliphatic heterocycles. The molecule has 20 heavy (non-hydrogen) atoms. The summed E-state index contributed by atoms with van der Waals surface area (Å²) in [5.41, 5.74) is 8.22. The van der Waals surface area contributed by atoms with Crippen molar-refractivity contribution in [3.05, 3.63) is 23.3 Å². The van der Waals surface area contributed by atoms with Crippen LogP contribution in [0.1, 0.15) is 51.2 Å². The van der Waals surface area contributed by atoms with Gasteiger partial charge in [-0.25, -0.2) is 13.1 Å². The Kier molecular flexibility index (Phi) is 6.49. The zero-order chi connectivity index (χ0) is 15.2. The molecule has 0 heterocycles. The van der Waals surface area contributed by atoms with Gasteiger partial charge in [-0.15, -0.1) is 0 Å². The minimum atomic E-state index is -3.47. The fourth-order valence-electron chi connectivity index (χ4n) is 2.21. The number of benzene rings is 1. The van der Waals surface area contributed by atoms with Crippen LogP contribution in [0.2, 0.25) is 0 Å². The van der Waals surface area contributed by atoms with Gasteiger partial charge in [-0.05, 0) is 42.5 Å². The molecule has 0 amide bonds. The van der Waals surface area contributed by atoms with Crippen LogP contribution in [0.5, 0.6) is 0 Å². The number of rotatable bonds is 8. The maximum absolute atomic E-state index is 12.4. The summed E-state index contributed by atoms with van der Waals surface area (Å²) in [4.78, 5) is 0.341. The van der Waals surface area contributed by atoms with E-state index in [1.165, 1.54) is 0 Å². The highest BCUT2D eigenvalue weighted by Crippen LogP contribution is 2.25. The molecule has 114 valence electrons. The van der Waals surface area contributed by atoms with Crippen LogP contribution in [0.4, 0.5) is 5.69 Å². The summed E-state index contributed by atoms with van der Waals surface area (Å²) in [6.45, 7) is 6.49. The van der Waals surface area contributed by atoms with Crippen LogP contribution in [0.25, 0.3) is 0 Å². The van der Waals surface area contributed by atoms with Gasteiger partial charge in [0.1, 0.15) is 0 Å². The zero-order valence-corrected chi connectivity index (χ0v) is 13.5. The number of anilines is 1. The summed E-state index contributed by atoms with van der Waals surface area (Å²) >= 11 is 0. The van der Waals surface area contributed by atoms with Crippen LogP contribution >= 0.6 is 0 Å². The highest BCUT2D eigenvalue weighted by Gasteiger charge is 2.19. The number of nitrogen functional groups attached to an aromatic ring is 1. The van der Waals surface area contributed by atoms with Gasteiger partial charge in [0.25, 0.3) is 0 Å². The van der Waals surface area contributed by atoms with E-state index in [9.17, 15) is 8.42 Å². The number of unbranched alkanes of at least 4 members (excludes halogenated alkanes) is 2. The zero-order valence-electron chi connectivity index (χ0n) is 12.7. The minimum Gasteiger partial charge on any atom is -0.398 e. The first-order valence-electron chi connectivity index (χ1n) is 7.37. The number of hydrogen-bond acceptors (Lipinski definition) is 3. The van der Waals surface area contributed by atoms with E-state index in [0.29, 0.717) is 29.1 Å². The molecule has 5 heteroatoms. The Labute approximate surface area is 122 Å². The predicted octanol–water partition coefficient (Wildman–Crippen LogP) is 2.86. The molecule has 0 bridgehead atoms. The van der Waals surface area contributed by atoms with Crippen molar-refractivity contribution in [1.82, 2.24) is 4.72 Å². The first-order chi connectivity index (χ1) is 9.46. The van der Waals surface area contributed by atoms with Gasteiger partial charge in [0, 0.05) is 12.2 Å². The monoisotopic (exact) mass is 298 g/mol. The van der Waals surface area contributed by atoms with E-state index in [0.717, 1.165) is 31.2 Å². The lowest BCUT2D eigenvalue weighted by molar-refractivity contribution is 0.575. The molecule has 0 saturated heterocycles. The molecular formula is C15H26N2O2S. The average Bonchev–Trinajstić information content (AvgIpc) is 2.42. The van der Waals surface area contributed by atoms with Crippen LogP contribution in [0, 0.1) is 0 Å². The number of hydrogen-bond donors (Lipinski definition) is 2. The highest BCUT2D eigenvalue weighted by atomic mass is 32.2. The Hall–Kier alpha value is -1.07. The topological polar surface area (TPSA) is 72.2 Å². The van der Waals surface area contributed by atoms with Gasteiger partial charge in [-0.3, -0.25) is 0 Å². The van der Waals surface area contributed by atoms with Crippen LogP contribution in [-0.4, -0.2) is 15.0 Å². The van der Waals surface area contributed by atoms with Crippen LogP contribution in [-0.2, 0) is 22.9 Å². The SMILES string of the molecule is CCCCCNS(=O)(=O)c1cc(CC)cc(N)c1CC. The second-order valence-corrected chi connectivity index (χ2v) is 6.71. The standard InChI is InChI=1S/C15H26N2O2S/c1-4-7-8-9-17-20(18,19)15-11-12(5-2)10-14(16)13(15)6-3/h10-11,17H,4-9,16H2,1-3H3. The van der Waals surface area contributed by atoms with Gasteiger partial charge < -0.3 is 5.73 Å². The Morgan fingerprint density at radius 1 is 1.10 bits per heavy atom. The Morgan fingerprint density at radius 3 is 2.35 bits per heavy atom. The van der Waals surface area contributed by atoms with Crippen molar-refractivity contribution in [2.45, 2.75) is 57.8 Å². The van der Waals surface area contributed by atoms with Gasteiger partial charge in [-0.2, -0.15) is 0 Å². The van der Waals surface area contributed by atoms with E-state index in [-0.39, 0.29) is 0 Å². The van der Waals surface area contributed by atoms with E-state index in [1.807, 2.05) is 19.9 Å². The normalized spacial score (nSPS) is 11.8. The molecule has 0 aromatic heterocycles. The average molecular weight is 298 g/mol. The fraction of sp³-hybridized carbons (Fsp3) is 0.600. The number of nitrogens with two attached hydrogens (primary N) is 1. The van der Waals surface area contributed by atoms with Crippen LogP contribution < -0.4 is 10.5 Å². The lowest BCUT2D eigenvalue weighted by Gasteiger charge is -2.14. The molecule has 4 nitrogen and oxygen atoms in total. The summed E-state index contributed by atoms with van der Waals surface area (Å²) in [6.07, 6.45) is 4.34. The predicted molar refractivity (Wildman–Crippen MR) is 84.3 cm³/mol. The fourth-order valence-corrected chi connectivity index (χ4v) is 3.67. The van der Waals surface area contributed by atoms with E-state index >= 15 is 0 Å². The molecule has 0 spiro atoms. The molecule has 0 atom stereocenters. The molecule has 1 aromatic rings. The summed E-state index contributed by atoms with van der Waals surface area (Å²) in [7, 11) is -3.47. The van der Waals surface area contributed by atoms with Crippen molar-refractivity contribution in [1.29, 1.82) is 0 Å². The lowest BCUT2D eigenvalue weighted by Crippen LogP contribution is -2.26. The van der Waals surface area contributed by atoms with Crippen LogP contribution in [0.15, 0.2) is 17.0 Å². The number of sulfonamides is 1. The third-order valence-electron chi connectivity index (χ3n) is 3.43. The van der Waals surface area contributed by atoms with Crippen molar-refractivity contribution < 1.29 is 8.42 Å². The highest BCUT2D eigenvalue weighted by molar-refractivity contribution is 7.89. The third kappa shape index (κ3) is 4.21. The Bertz CT molecular complexity index is 539. The minimum absolute atomic E-state index is 0.341. The van der Waals surface area contributed by atoms with Crippen molar-refractivity contribution >= 4 is 15.7 Å². The molecule has 0 unspecified atom stereocenters. The van der Waals surface area contributed by atoms with E-state index in [1.54, 1.807) is 6.07 Å². The van der Waals surface area contributed by atoms with Gasteiger partial charge >= 0.3 is 0 Å². The van der Waals surface area contributed by atoms with Gasteiger partial charge in [-0.1, -0.05) is 33.6 Å². The van der Waals surface area contributed by atoms with Crippen molar-refractivity contribution in [3.8, 4) is 0 Å². The lowest BCUT2D eigenvalue weighted by atomic mass is 10.1. The molecule has 1 rings (SSSR count). The first-order valence-corrected chi connectivity index (χ1v) is 8.85. The molecule has 3 N–H and O–H groups in total. The van der Waals surface area contributed by atoms with Gasteiger partial charge in [0.2, 0.25) is 10.0 Å². The van der Waals surface area contributed by atoms with E-state index < -0.39 is 10.0 Å². The van der Waals surface area contributed by atoms with Crippen LogP contribution in [0.3, 0.4) is 0 Å². The molecule has 0 radical (unpaired) electrons. The molecular weight excluding hydrogens is 272 g/mol. The molecule has 0 fully saturated rings. The molecule has 0 aliphatic rings. The second-order valence-electron chi connectivity index (χ2n) is 4.97. The second kappa shape index (κ2) is 7.64. The van der Waals surface area contributed by atoms with E-state index in [2.05, 4.69) is 11.6 Å². The summed E-state index contributed by atoms with van der Waals surface area (Å²) in [6, 6.07) is 3.62. The van der Waals surface area contributed by atoms with Crippen molar-refractivity contribution in [2.75, 3.05) is 12.3 Å². The summed E-state index contributed by atoms with van der Waals surface area (Å²) < 4.78 is 27.5. The van der Waals surface area contributed by atoms with Gasteiger partial charge in [0.15, 0.2) is 0 Å². The third-order valence-corrected chi connectivity index (χ3v) is 4.95. The molecule has 0 saturated carbocycles. The van der Waals surface area contributed by atoms with Crippen molar-refractivity contribution in [2.24, 2.45) is 0 Å². The summed E-state index contributed by atoms with van der Waals surface area (Å²) in [5.74, 6) is 0. The Balaban J connectivity index is 3.06. The Morgan fingerprint density at radius 2 is 1.80 bits per heavy atom. The largest absolute Gasteiger partial charge is 0.398 e. The smallest absolute Gasteiger partial charge is 0.240 e. The van der Waals surface area contributed by atoms with Crippen molar-refractivity contribution in [3.63, 3.8) is 0 Å². The number of aryl methyl sites for hydroxylation is 1. The maximum Gasteiger partial charge on any atom is 0.240 e. The molecule has 0 aliphatic carbocycles. The molecule has 1 aromatic carbocycles.